The van der Waals surface area contributed by atoms with E-state index in [1.165, 1.54) is 58.3 Å². The van der Waals surface area contributed by atoms with Gasteiger partial charge in [-0.15, -0.1) is 24.0 Å². The number of guanidine groups is 1. The summed E-state index contributed by atoms with van der Waals surface area (Å²) in [5, 5.41) is 6.98. The minimum atomic E-state index is 0. The molecule has 0 radical (unpaired) electrons. The van der Waals surface area contributed by atoms with Gasteiger partial charge in [0.1, 0.15) is 0 Å². The Labute approximate surface area is 179 Å². The third kappa shape index (κ3) is 12.3. The van der Waals surface area contributed by atoms with E-state index in [0.717, 1.165) is 25.6 Å². The number of hydrogen-bond acceptors (Lipinski definition) is 3. The Morgan fingerprint density at radius 1 is 1.04 bits per heavy atom. The topological polar surface area (TPSA) is 42.9 Å². The van der Waals surface area contributed by atoms with Gasteiger partial charge in [0.25, 0.3) is 0 Å². The number of nitrogens with one attached hydrogen (secondary N) is 2. The third-order valence-electron chi connectivity index (χ3n) is 4.94. The molecule has 0 saturated carbocycles. The lowest BCUT2D eigenvalue weighted by Crippen LogP contribution is -2.46. The van der Waals surface area contributed by atoms with Crippen molar-refractivity contribution in [3.8, 4) is 0 Å². The van der Waals surface area contributed by atoms with E-state index in [4.69, 9.17) is 4.99 Å². The van der Waals surface area contributed by atoms with Crippen LogP contribution >= 0.6 is 24.0 Å². The van der Waals surface area contributed by atoms with Crippen molar-refractivity contribution < 1.29 is 0 Å². The molecule has 1 aliphatic heterocycles. The van der Waals surface area contributed by atoms with Gasteiger partial charge >= 0.3 is 0 Å². The molecule has 0 aromatic carbocycles. The van der Waals surface area contributed by atoms with Crippen LogP contribution in [0.2, 0.25) is 0 Å². The van der Waals surface area contributed by atoms with Gasteiger partial charge in [-0.1, -0.05) is 39.5 Å². The summed E-state index contributed by atoms with van der Waals surface area (Å²) in [6, 6.07) is 0.489. The van der Waals surface area contributed by atoms with Crippen molar-refractivity contribution in [2.75, 3.05) is 52.9 Å². The standard InChI is InChI=1S/C20H43N5.HI/c1-6-8-9-10-11-19(4)23-20(21-7-2)22-16-18(3)17-25-14-12-24(5)13-15-25;/h18-19H,6-17H2,1-5H3,(H2,21,22,23);1H. The second kappa shape index (κ2) is 15.9. The molecule has 0 bridgehead atoms. The van der Waals surface area contributed by atoms with Gasteiger partial charge in [0.05, 0.1) is 0 Å². The molecule has 1 rings (SSSR count). The predicted octanol–water partition coefficient (Wildman–Crippen LogP) is 3.40. The Morgan fingerprint density at radius 3 is 2.35 bits per heavy atom. The minimum Gasteiger partial charge on any atom is -0.357 e. The summed E-state index contributed by atoms with van der Waals surface area (Å²) in [6.45, 7) is 16.7. The third-order valence-corrected chi connectivity index (χ3v) is 4.94. The Morgan fingerprint density at radius 2 is 1.73 bits per heavy atom. The molecule has 1 fully saturated rings. The first-order chi connectivity index (χ1) is 12.0. The average molecular weight is 482 g/mol. The summed E-state index contributed by atoms with van der Waals surface area (Å²) in [6.07, 6.45) is 6.53. The van der Waals surface area contributed by atoms with Crippen molar-refractivity contribution in [1.82, 2.24) is 20.4 Å². The number of nitrogens with zero attached hydrogens (tertiary/aromatic N) is 3. The van der Waals surface area contributed by atoms with E-state index in [1.54, 1.807) is 0 Å². The lowest BCUT2D eigenvalue weighted by Gasteiger charge is -2.33. The fourth-order valence-corrected chi connectivity index (χ4v) is 3.28. The van der Waals surface area contributed by atoms with Crippen LogP contribution < -0.4 is 10.6 Å². The van der Waals surface area contributed by atoms with Gasteiger partial charge in [0, 0.05) is 51.9 Å². The Bertz CT molecular complexity index is 356. The molecule has 1 heterocycles. The van der Waals surface area contributed by atoms with E-state index in [0.29, 0.717) is 12.0 Å². The van der Waals surface area contributed by atoms with Crippen LogP contribution in [0.4, 0.5) is 0 Å². The van der Waals surface area contributed by atoms with Crippen molar-refractivity contribution in [2.24, 2.45) is 10.9 Å². The number of rotatable bonds is 11. The zero-order valence-corrected chi connectivity index (χ0v) is 20.2. The van der Waals surface area contributed by atoms with Crippen molar-refractivity contribution in [1.29, 1.82) is 0 Å². The van der Waals surface area contributed by atoms with Crippen LogP contribution in [0, 0.1) is 5.92 Å². The number of likely N-dealkylation sites (N-methyl/N-ethyl adjacent to an activating group) is 1. The van der Waals surface area contributed by atoms with Gasteiger partial charge in [-0.2, -0.15) is 0 Å². The average Bonchev–Trinajstić information content (AvgIpc) is 2.59. The molecular weight excluding hydrogens is 437 g/mol. The van der Waals surface area contributed by atoms with E-state index >= 15 is 0 Å². The summed E-state index contributed by atoms with van der Waals surface area (Å²) in [7, 11) is 2.21. The van der Waals surface area contributed by atoms with Crippen LogP contribution in [0.5, 0.6) is 0 Å². The van der Waals surface area contributed by atoms with E-state index in [1.807, 2.05) is 0 Å². The Balaban J connectivity index is 0.00000625. The quantitative estimate of drug-likeness (QED) is 0.206. The molecule has 0 aromatic heterocycles. The van der Waals surface area contributed by atoms with Crippen molar-refractivity contribution in [2.45, 2.75) is 65.8 Å². The van der Waals surface area contributed by atoms with Crippen molar-refractivity contribution >= 4 is 29.9 Å². The molecule has 5 nitrogen and oxygen atoms in total. The molecule has 156 valence electrons. The molecule has 0 amide bonds. The van der Waals surface area contributed by atoms with E-state index in [-0.39, 0.29) is 24.0 Å². The zero-order chi connectivity index (χ0) is 18.5. The molecule has 0 spiro atoms. The van der Waals surface area contributed by atoms with E-state index in [2.05, 4.69) is 55.2 Å². The highest BCUT2D eigenvalue weighted by molar-refractivity contribution is 14.0. The first kappa shape index (κ1) is 25.9. The van der Waals surface area contributed by atoms with E-state index in [9.17, 15) is 0 Å². The Hall–Kier alpha value is -0.0800. The monoisotopic (exact) mass is 481 g/mol. The van der Waals surface area contributed by atoms with Gasteiger partial charge in [-0.05, 0) is 33.2 Å². The second-order valence-corrected chi connectivity index (χ2v) is 7.82. The molecule has 26 heavy (non-hydrogen) atoms. The number of piperazine rings is 1. The van der Waals surface area contributed by atoms with Crippen LogP contribution in [-0.2, 0) is 0 Å². The normalized spacial score (nSPS) is 18.9. The maximum Gasteiger partial charge on any atom is 0.191 e. The Kier molecular flexibility index (Phi) is 15.9. The van der Waals surface area contributed by atoms with Crippen LogP contribution in [0.3, 0.4) is 0 Å². The fraction of sp³-hybridized carbons (Fsp3) is 0.950. The molecule has 2 atom stereocenters. The van der Waals surface area contributed by atoms with Gasteiger partial charge in [0.15, 0.2) is 5.96 Å². The highest BCUT2D eigenvalue weighted by Crippen LogP contribution is 2.06. The van der Waals surface area contributed by atoms with Crippen molar-refractivity contribution in [3.63, 3.8) is 0 Å². The van der Waals surface area contributed by atoms with Gasteiger partial charge in [-0.3, -0.25) is 4.99 Å². The second-order valence-electron chi connectivity index (χ2n) is 7.82. The number of unbranched alkanes of at least 4 members (excludes halogenated alkanes) is 3. The molecule has 2 unspecified atom stereocenters. The van der Waals surface area contributed by atoms with Gasteiger partial charge < -0.3 is 20.4 Å². The maximum atomic E-state index is 4.84. The molecule has 6 heteroatoms. The smallest absolute Gasteiger partial charge is 0.191 e. The molecule has 1 saturated heterocycles. The fourth-order valence-electron chi connectivity index (χ4n) is 3.28. The van der Waals surface area contributed by atoms with E-state index < -0.39 is 0 Å². The molecular formula is C20H44IN5. The van der Waals surface area contributed by atoms with Crippen molar-refractivity contribution in [3.05, 3.63) is 0 Å². The lowest BCUT2D eigenvalue weighted by molar-refractivity contribution is 0.140. The molecule has 0 aromatic rings. The maximum absolute atomic E-state index is 4.84. The number of halogens is 1. The molecule has 2 N–H and O–H groups in total. The lowest BCUT2D eigenvalue weighted by atomic mass is 10.1. The minimum absolute atomic E-state index is 0. The first-order valence-electron chi connectivity index (χ1n) is 10.5. The largest absolute Gasteiger partial charge is 0.357 e. The number of hydrogen-bond donors (Lipinski definition) is 2. The van der Waals surface area contributed by atoms with Crippen LogP contribution in [-0.4, -0.2) is 74.7 Å². The molecule has 0 aliphatic carbocycles. The highest BCUT2D eigenvalue weighted by Gasteiger charge is 2.16. The SMILES string of the molecule is CCCCCCC(C)NC(=NCC(C)CN1CCN(C)CC1)NCC.I. The highest BCUT2D eigenvalue weighted by atomic mass is 127. The molecule has 1 aliphatic rings. The predicted molar refractivity (Wildman–Crippen MR) is 126 cm³/mol. The number of aliphatic imine (C=N–C) groups is 1. The van der Waals surface area contributed by atoms with Crippen LogP contribution in [0.15, 0.2) is 4.99 Å². The zero-order valence-electron chi connectivity index (χ0n) is 17.9. The van der Waals surface area contributed by atoms with Crippen LogP contribution in [0.25, 0.3) is 0 Å². The van der Waals surface area contributed by atoms with Crippen LogP contribution in [0.1, 0.15) is 59.8 Å². The summed E-state index contributed by atoms with van der Waals surface area (Å²) in [5.74, 6) is 1.58. The first-order valence-corrected chi connectivity index (χ1v) is 10.5. The summed E-state index contributed by atoms with van der Waals surface area (Å²) in [5.41, 5.74) is 0. The summed E-state index contributed by atoms with van der Waals surface area (Å²) >= 11 is 0. The summed E-state index contributed by atoms with van der Waals surface area (Å²) in [4.78, 5) is 9.83. The van der Waals surface area contributed by atoms with Gasteiger partial charge in [-0.25, -0.2) is 0 Å². The van der Waals surface area contributed by atoms with Gasteiger partial charge in [0.2, 0.25) is 0 Å². The summed E-state index contributed by atoms with van der Waals surface area (Å²) < 4.78 is 0.